The van der Waals surface area contributed by atoms with Crippen molar-refractivity contribution >= 4 is 11.5 Å². The number of benzene rings is 2. The van der Waals surface area contributed by atoms with Gasteiger partial charge in [-0.05, 0) is 30.7 Å². The first kappa shape index (κ1) is 18.4. The molecule has 28 heavy (non-hydrogen) atoms. The van der Waals surface area contributed by atoms with E-state index in [1.807, 2.05) is 0 Å². The molecule has 0 saturated carbocycles. The Balaban J connectivity index is 1.92. The first-order valence-electron chi connectivity index (χ1n) is 8.08. The van der Waals surface area contributed by atoms with Gasteiger partial charge in [-0.2, -0.15) is 17.6 Å². The van der Waals surface area contributed by atoms with Crippen molar-refractivity contribution in [3.05, 3.63) is 64.3 Å². The molecule has 1 atom stereocenters. The predicted molar refractivity (Wildman–Crippen MR) is 85.5 cm³/mol. The van der Waals surface area contributed by atoms with Gasteiger partial charge >= 0.3 is 11.8 Å². The summed E-state index contributed by atoms with van der Waals surface area (Å²) < 4.78 is 76.3. The molecule has 9 heteroatoms. The molecule has 2 aromatic carbocycles. The van der Waals surface area contributed by atoms with E-state index in [0.29, 0.717) is 6.07 Å². The average molecular weight is 395 g/mol. The normalized spacial score (nSPS) is 23.8. The number of carbonyl (C=O) groups is 1. The van der Waals surface area contributed by atoms with Crippen molar-refractivity contribution in [2.45, 2.75) is 30.3 Å². The van der Waals surface area contributed by atoms with Gasteiger partial charge in [-0.3, -0.25) is 4.79 Å². The Labute approximate surface area is 155 Å². The molecule has 2 aliphatic carbocycles. The smallest absolute Gasteiger partial charge is 0.346 e. The maximum absolute atomic E-state index is 14.4. The Kier molecular flexibility index (Phi) is 3.62. The number of ether oxygens (including phenoxy) is 1. The quantitative estimate of drug-likeness (QED) is 0.570. The summed E-state index contributed by atoms with van der Waals surface area (Å²) in [6.45, 7) is 6.93. The van der Waals surface area contributed by atoms with Crippen molar-refractivity contribution < 1.29 is 36.6 Å². The third kappa shape index (κ3) is 2.15. The van der Waals surface area contributed by atoms with Crippen LogP contribution >= 0.6 is 0 Å². The number of ketones is 1. The molecule has 2 aromatic rings. The van der Waals surface area contributed by atoms with E-state index >= 15 is 0 Å². The van der Waals surface area contributed by atoms with Gasteiger partial charge in [0.15, 0.2) is 17.1 Å². The molecule has 4 rings (SSSR count). The number of aliphatic hydroxyl groups is 1. The van der Waals surface area contributed by atoms with E-state index in [2.05, 4.69) is 4.85 Å². The minimum atomic E-state index is -4.81. The minimum Gasteiger partial charge on any atom is -0.458 e. The second-order valence-corrected chi connectivity index (χ2v) is 6.65. The van der Waals surface area contributed by atoms with Crippen LogP contribution in [0.25, 0.3) is 4.85 Å². The van der Waals surface area contributed by atoms with Crippen LogP contribution in [0.3, 0.4) is 0 Å². The first-order valence-corrected chi connectivity index (χ1v) is 8.08. The molecule has 0 radical (unpaired) electrons. The lowest BCUT2D eigenvalue weighted by atomic mass is 9.78. The number of nitrogens with zero attached hydrogens (tertiary/aromatic N) is 1. The van der Waals surface area contributed by atoms with Crippen molar-refractivity contribution in [2.75, 3.05) is 0 Å². The molecule has 1 unspecified atom stereocenters. The molecule has 0 bridgehead atoms. The fraction of sp³-hybridized carbons (Fsp3) is 0.263. The Morgan fingerprint density at radius 3 is 2.54 bits per heavy atom. The lowest BCUT2D eigenvalue weighted by Crippen LogP contribution is -2.50. The zero-order valence-corrected chi connectivity index (χ0v) is 13.9. The topological polar surface area (TPSA) is 50.9 Å². The number of alkyl halides is 4. The van der Waals surface area contributed by atoms with Crippen molar-refractivity contribution in [3.8, 4) is 11.5 Å². The first-order chi connectivity index (χ1) is 13.0. The summed E-state index contributed by atoms with van der Waals surface area (Å²) in [4.78, 5) is 15.4. The van der Waals surface area contributed by atoms with Gasteiger partial charge in [0, 0.05) is 23.6 Å². The Hall–Kier alpha value is -2.99. The monoisotopic (exact) mass is 395 g/mol. The van der Waals surface area contributed by atoms with Gasteiger partial charge in [0.2, 0.25) is 0 Å². The Morgan fingerprint density at radius 1 is 1.14 bits per heavy atom. The van der Waals surface area contributed by atoms with E-state index in [1.54, 1.807) is 0 Å². The average Bonchev–Trinajstić information content (AvgIpc) is 2.74. The number of hydrogen-bond donors (Lipinski definition) is 1. The molecule has 0 aliphatic heterocycles. The number of rotatable bonds is 2. The van der Waals surface area contributed by atoms with Crippen LogP contribution in [0.4, 0.5) is 27.6 Å². The summed E-state index contributed by atoms with van der Waals surface area (Å²) in [5.41, 5.74) is -5.94. The summed E-state index contributed by atoms with van der Waals surface area (Å²) in [5, 5.41) is 10.4. The molecule has 4 nitrogen and oxygen atoms in total. The molecular weight excluding hydrogens is 385 g/mol. The van der Waals surface area contributed by atoms with Gasteiger partial charge in [0.05, 0.1) is 12.1 Å². The fourth-order valence-corrected chi connectivity index (χ4v) is 3.72. The third-order valence-electron chi connectivity index (χ3n) is 5.04. The Morgan fingerprint density at radius 2 is 1.86 bits per heavy atom. The lowest BCUT2D eigenvalue weighted by Gasteiger charge is -2.35. The minimum absolute atomic E-state index is 0.120. The molecular formula is C19H10F5NO3. The van der Waals surface area contributed by atoms with Gasteiger partial charge in [-0.1, -0.05) is 0 Å². The molecule has 0 saturated heterocycles. The molecule has 0 amide bonds. The predicted octanol–water partition coefficient (Wildman–Crippen LogP) is 5.07. The van der Waals surface area contributed by atoms with Crippen LogP contribution in [0, 0.1) is 12.4 Å². The van der Waals surface area contributed by atoms with Crippen LogP contribution in [-0.2, 0) is 11.5 Å². The summed E-state index contributed by atoms with van der Waals surface area (Å²) in [6.07, 6.45) is -1.45. The second kappa shape index (κ2) is 5.52. The van der Waals surface area contributed by atoms with E-state index in [1.165, 1.54) is 0 Å². The van der Waals surface area contributed by atoms with Crippen LogP contribution in [0.1, 0.15) is 34.3 Å². The van der Waals surface area contributed by atoms with Gasteiger partial charge in [-0.25, -0.2) is 9.24 Å². The van der Waals surface area contributed by atoms with E-state index in [9.17, 15) is 31.9 Å². The highest BCUT2D eigenvalue weighted by Crippen LogP contribution is 2.64. The maximum Gasteiger partial charge on any atom is 0.346 e. The van der Waals surface area contributed by atoms with Crippen LogP contribution in [-0.4, -0.2) is 16.8 Å². The highest BCUT2D eigenvalue weighted by molar-refractivity contribution is 6.02. The second-order valence-electron chi connectivity index (χ2n) is 6.65. The molecule has 1 N–H and O–H groups in total. The zero-order valence-electron chi connectivity index (χ0n) is 13.9. The number of Topliss-reactive ketones (excluding diaryl/α,β-unsaturated/α-hetero) is 1. The van der Waals surface area contributed by atoms with Crippen molar-refractivity contribution in [1.82, 2.24) is 0 Å². The molecule has 2 aliphatic rings. The summed E-state index contributed by atoms with van der Waals surface area (Å²) >= 11 is 0. The number of hydrogen-bond acceptors (Lipinski definition) is 3. The van der Waals surface area contributed by atoms with Crippen LogP contribution in [0.2, 0.25) is 0 Å². The van der Waals surface area contributed by atoms with Crippen molar-refractivity contribution in [1.29, 1.82) is 0 Å². The lowest BCUT2D eigenvalue weighted by molar-refractivity contribution is -0.287. The molecule has 0 fully saturated rings. The van der Waals surface area contributed by atoms with E-state index in [4.69, 9.17) is 11.3 Å². The van der Waals surface area contributed by atoms with E-state index in [0.717, 1.165) is 24.3 Å². The van der Waals surface area contributed by atoms with Gasteiger partial charge in [0.1, 0.15) is 17.3 Å². The van der Waals surface area contributed by atoms with E-state index in [-0.39, 0.29) is 17.2 Å². The molecule has 0 heterocycles. The van der Waals surface area contributed by atoms with Crippen LogP contribution in [0.15, 0.2) is 30.3 Å². The van der Waals surface area contributed by atoms with E-state index < -0.39 is 58.6 Å². The number of carbonyl (C=O) groups excluding carboxylic acids is 1. The Bertz CT molecular complexity index is 1080. The van der Waals surface area contributed by atoms with Gasteiger partial charge in [0.25, 0.3) is 0 Å². The number of halogens is 5. The highest BCUT2D eigenvalue weighted by Gasteiger charge is 2.77. The van der Waals surface area contributed by atoms with Crippen LogP contribution < -0.4 is 4.74 Å². The summed E-state index contributed by atoms with van der Waals surface area (Å²) in [7, 11) is 0. The standard InChI is InChI=1S/C19H10F5NO3/c1-25-10-6-9(20)7-11(8-10)28-14-3-2-12-16-15(14)13(26)4-5-17(16,27)19(23,24)18(12,21)22/h2-3,6-8,27H,4-5H2. The summed E-state index contributed by atoms with van der Waals surface area (Å²) in [5.74, 6) is -11.7. The third-order valence-corrected chi connectivity index (χ3v) is 5.04. The van der Waals surface area contributed by atoms with Gasteiger partial charge in [-0.15, -0.1) is 0 Å². The van der Waals surface area contributed by atoms with Crippen LogP contribution in [0.5, 0.6) is 11.5 Å². The fourth-order valence-electron chi connectivity index (χ4n) is 3.72. The zero-order chi connectivity index (χ0) is 20.5. The SMILES string of the molecule is [C-]#[N+]c1cc(F)cc(Oc2ccc3c4c2C(=O)CCC4(O)C(F)(F)C3(F)F)c1. The maximum atomic E-state index is 14.4. The van der Waals surface area contributed by atoms with Gasteiger partial charge < -0.3 is 9.84 Å². The van der Waals surface area contributed by atoms with Crippen molar-refractivity contribution in [3.63, 3.8) is 0 Å². The molecule has 0 spiro atoms. The molecule has 0 aromatic heterocycles. The summed E-state index contributed by atoms with van der Waals surface area (Å²) in [6, 6.07) is 4.51. The molecule has 144 valence electrons. The van der Waals surface area contributed by atoms with Crippen molar-refractivity contribution in [2.24, 2.45) is 0 Å². The largest absolute Gasteiger partial charge is 0.458 e. The highest BCUT2D eigenvalue weighted by atomic mass is 19.3.